The highest BCUT2D eigenvalue weighted by Crippen LogP contribution is 2.04. The summed E-state index contributed by atoms with van der Waals surface area (Å²) in [4.78, 5) is 0. The molecule has 0 unspecified atom stereocenters. The van der Waals surface area contributed by atoms with Gasteiger partial charge in [-0.1, -0.05) is 6.92 Å². The van der Waals surface area contributed by atoms with Gasteiger partial charge in [0, 0.05) is 14.1 Å². The number of nitrogens with one attached hydrogen (secondary N) is 1. The summed E-state index contributed by atoms with van der Waals surface area (Å²) in [7, 11) is 0. The van der Waals surface area contributed by atoms with Crippen molar-refractivity contribution >= 4 is 0 Å². The number of hydrogen-bond donors (Lipinski definition) is 1. The molecular weight excluding hydrogens is 126 g/mol. The first-order valence-corrected chi connectivity index (χ1v) is 4.24. The maximum absolute atomic E-state index is 5.40. The Morgan fingerprint density at radius 3 is 3.20 bits per heavy atom. The summed E-state index contributed by atoms with van der Waals surface area (Å²) in [6.45, 7) is 5.15. The van der Waals surface area contributed by atoms with Gasteiger partial charge in [0.1, 0.15) is 0 Å². The molecule has 1 heterocycles. The van der Waals surface area contributed by atoms with Crippen LogP contribution in [0.4, 0.5) is 0 Å². The van der Waals surface area contributed by atoms with E-state index in [1.807, 2.05) is 0 Å². The molecule has 0 amide bonds. The molecule has 1 saturated heterocycles. The summed E-state index contributed by atoms with van der Waals surface area (Å²) >= 11 is 0. The summed E-state index contributed by atoms with van der Waals surface area (Å²) in [6, 6.07) is 0.645. The highest BCUT2D eigenvalue weighted by Gasteiger charge is 2.12. The Morgan fingerprint density at radius 1 is 1.70 bits per heavy atom. The van der Waals surface area contributed by atoms with E-state index in [1.165, 1.54) is 19.4 Å². The molecule has 0 aliphatic carbocycles. The average molecular weight is 145 g/mol. The molecule has 1 fully saturated rings. The molecular formula is C8H19NO. The first-order chi connectivity index (χ1) is 4.93. The van der Waals surface area contributed by atoms with Crippen LogP contribution in [0.25, 0.3) is 0 Å². The monoisotopic (exact) mass is 145 g/mol. The Balaban J connectivity index is 0.000001000. The second-order valence-electron chi connectivity index (χ2n) is 2.87. The van der Waals surface area contributed by atoms with Crippen LogP contribution in [0.1, 0.15) is 27.6 Å². The van der Waals surface area contributed by atoms with Crippen molar-refractivity contribution in [1.29, 1.82) is 0 Å². The van der Waals surface area contributed by atoms with Crippen LogP contribution in [0.2, 0.25) is 0 Å². The lowest BCUT2D eigenvalue weighted by molar-refractivity contribution is 0.117. The largest absolute Gasteiger partial charge is 0.380 e. The van der Waals surface area contributed by atoms with Crippen LogP contribution >= 0.6 is 0 Å². The Bertz CT molecular complexity index is 84.2. The fourth-order valence-corrected chi connectivity index (χ4v) is 1.27. The van der Waals surface area contributed by atoms with Gasteiger partial charge in [0.2, 0.25) is 0 Å². The molecule has 1 rings (SSSR count). The third-order valence-corrected chi connectivity index (χ3v) is 1.83. The Morgan fingerprint density at radius 2 is 2.60 bits per heavy atom. The van der Waals surface area contributed by atoms with Gasteiger partial charge < -0.3 is 10.1 Å². The number of hydrogen-bond acceptors (Lipinski definition) is 2. The molecule has 0 aromatic rings. The van der Waals surface area contributed by atoms with Gasteiger partial charge in [0.15, 0.2) is 0 Å². The van der Waals surface area contributed by atoms with Crippen molar-refractivity contribution in [2.24, 2.45) is 0 Å². The zero-order chi connectivity index (χ0) is 7.23. The number of rotatable bonds is 4. The van der Waals surface area contributed by atoms with E-state index in [9.17, 15) is 0 Å². The van der Waals surface area contributed by atoms with Crippen molar-refractivity contribution in [3.8, 4) is 0 Å². The molecule has 0 aromatic carbocycles. The Kier molecular flexibility index (Phi) is 3.76. The molecule has 1 N–H and O–H groups in total. The van der Waals surface area contributed by atoms with E-state index in [0.29, 0.717) is 6.04 Å². The molecule has 0 aromatic heterocycles. The quantitative estimate of drug-likeness (QED) is 0.604. The highest BCUT2D eigenvalue weighted by molar-refractivity contribution is 4.72. The van der Waals surface area contributed by atoms with Crippen LogP contribution in [0.3, 0.4) is 0 Å². The summed E-state index contributed by atoms with van der Waals surface area (Å²) in [6.07, 6.45) is 3.75. The van der Waals surface area contributed by atoms with Crippen molar-refractivity contribution in [2.45, 2.75) is 32.2 Å². The molecule has 2 nitrogen and oxygen atoms in total. The van der Waals surface area contributed by atoms with Crippen LogP contribution in [0.5, 0.6) is 0 Å². The van der Waals surface area contributed by atoms with E-state index >= 15 is 0 Å². The van der Waals surface area contributed by atoms with Gasteiger partial charge >= 0.3 is 0 Å². The van der Waals surface area contributed by atoms with E-state index < -0.39 is 0 Å². The van der Waals surface area contributed by atoms with Crippen LogP contribution in [-0.2, 0) is 4.74 Å². The molecule has 62 valence electrons. The molecule has 2 heteroatoms. The predicted octanol–water partition coefficient (Wildman–Crippen LogP) is 1.41. The summed E-state index contributed by atoms with van der Waals surface area (Å²) < 4.78 is 5.40. The molecule has 10 heavy (non-hydrogen) atoms. The molecule has 1 aliphatic heterocycles. The van der Waals surface area contributed by atoms with Crippen molar-refractivity contribution < 1.29 is 6.16 Å². The Hall–Kier alpha value is -0.0800. The van der Waals surface area contributed by atoms with E-state index in [4.69, 9.17) is 4.74 Å². The average Bonchev–Trinajstić information content (AvgIpc) is 2.41. The van der Waals surface area contributed by atoms with Crippen LogP contribution < -0.4 is 5.32 Å². The standard InChI is InChI=1S/C8H17NO.H2/c1-2-6-10-7-8-4-3-5-9-8;/h8-9H,2-7H2,1H3;1H/t8-;/m0./s1. The van der Waals surface area contributed by atoms with E-state index in [2.05, 4.69) is 12.2 Å². The van der Waals surface area contributed by atoms with Crippen LogP contribution in [-0.4, -0.2) is 25.8 Å². The van der Waals surface area contributed by atoms with E-state index in [1.54, 1.807) is 0 Å². The number of ether oxygens (including phenoxy) is 1. The topological polar surface area (TPSA) is 21.3 Å². The van der Waals surface area contributed by atoms with Gasteiger partial charge in [-0.05, 0) is 25.8 Å². The molecule has 1 atom stereocenters. The summed E-state index contributed by atoms with van der Waals surface area (Å²) in [5.41, 5.74) is 0. The van der Waals surface area contributed by atoms with Crippen molar-refractivity contribution in [3.05, 3.63) is 0 Å². The zero-order valence-electron chi connectivity index (χ0n) is 6.73. The SMILES string of the molecule is CCCOC[C@@H]1CCCN1.[HH]. The van der Waals surface area contributed by atoms with Crippen LogP contribution in [0.15, 0.2) is 0 Å². The van der Waals surface area contributed by atoms with Gasteiger partial charge in [0.05, 0.1) is 6.61 Å². The minimum atomic E-state index is 0. The van der Waals surface area contributed by atoms with Gasteiger partial charge in [-0.3, -0.25) is 0 Å². The van der Waals surface area contributed by atoms with E-state index in [0.717, 1.165) is 19.6 Å². The second-order valence-corrected chi connectivity index (χ2v) is 2.87. The maximum Gasteiger partial charge on any atom is 0.0619 e. The predicted molar refractivity (Wildman–Crippen MR) is 44.2 cm³/mol. The molecule has 0 bridgehead atoms. The van der Waals surface area contributed by atoms with E-state index in [-0.39, 0.29) is 1.43 Å². The van der Waals surface area contributed by atoms with Crippen molar-refractivity contribution in [2.75, 3.05) is 19.8 Å². The Labute approximate surface area is 64.4 Å². The minimum Gasteiger partial charge on any atom is -0.380 e. The third kappa shape index (κ3) is 2.67. The van der Waals surface area contributed by atoms with Crippen molar-refractivity contribution in [1.82, 2.24) is 5.32 Å². The van der Waals surface area contributed by atoms with Crippen molar-refractivity contribution in [3.63, 3.8) is 0 Å². The smallest absolute Gasteiger partial charge is 0.0619 e. The lowest BCUT2D eigenvalue weighted by atomic mass is 10.2. The molecule has 0 radical (unpaired) electrons. The van der Waals surface area contributed by atoms with Gasteiger partial charge in [-0.2, -0.15) is 0 Å². The zero-order valence-corrected chi connectivity index (χ0v) is 6.73. The first kappa shape index (κ1) is 8.02. The molecule has 0 saturated carbocycles. The maximum atomic E-state index is 5.40. The van der Waals surface area contributed by atoms with Gasteiger partial charge in [0.25, 0.3) is 0 Å². The lowest BCUT2D eigenvalue weighted by Crippen LogP contribution is -2.26. The molecule has 0 spiro atoms. The first-order valence-electron chi connectivity index (χ1n) is 4.24. The molecule has 1 aliphatic rings. The van der Waals surface area contributed by atoms with Gasteiger partial charge in [-0.15, -0.1) is 0 Å². The highest BCUT2D eigenvalue weighted by atomic mass is 16.5. The summed E-state index contributed by atoms with van der Waals surface area (Å²) in [5.74, 6) is 0. The fraction of sp³-hybridized carbons (Fsp3) is 1.00. The third-order valence-electron chi connectivity index (χ3n) is 1.83. The minimum absolute atomic E-state index is 0. The van der Waals surface area contributed by atoms with Crippen LogP contribution in [0, 0.1) is 0 Å². The summed E-state index contributed by atoms with van der Waals surface area (Å²) in [5, 5.41) is 3.39. The normalized spacial score (nSPS) is 25.5. The second kappa shape index (κ2) is 4.69. The fourth-order valence-electron chi connectivity index (χ4n) is 1.27. The lowest BCUT2D eigenvalue weighted by Gasteiger charge is -2.09. The van der Waals surface area contributed by atoms with Gasteiger partial charge in [-0.25, -0.2) is 0 Å².